The SMILES string of the molecule is O=C(O)C=COC(C=CC(=O)O)(C=CC(=O)O)C(CO)(CO)C(C=CC(=O)O)(C=CC(=O)O)OCCCCCCCCCCC(=O)O. The molecular formula is C31H42O16. The van der Waals surface area contributed by atoms with Gasteiger partial charge < -0.3 is 50.3 Å². The van der Waals surface area contributed by atoms with Gasteiger partial charge in [0, 0.05) is 37.3 Å². The molecule has 0 spiro atoms. The molecule has 0 saturated carbocycles. The van der Waals surface area contributed by atoms with Crippen LogP contribution in [0.5, 0.6) is 0 Å². The van der Waals surface area contributed by atoms with E-state index in [9.17, 15) is 59.4 Å². The van der Waals surface area contributed by atoms with Crippen molar-refractivity contribution in [3.8, 4) is 0 Å². The normalized spacial score (nSPS) is 14.9. The predicted molar refractivity (Wildman–Crippen MR) is 162 cm³/mol. The number of carboxylic acids is 6. The van der Waals surface area contributed by atoms with E-state index in [1.165, 1.54) is 0 Å². The Labute approximate surface area is 270 Å². The number of hydrogen-bond acceptors (Lipinski definition) is 10. The molecule has 16 nitrogen and oxygen atoms in total. The molecule has 0 saturated heterocycles. The zero-order chi connectivity index (χ0) is 35.9. The second-order valence-electron chi connectivity index (χ2n) is 10.3. The van der Waals surface area contributed by atoms with Gasteiger partial charge in [0.1, 0.15) is 5.60 Å². The quantitative estimate of drug-likeness (QED) is 0.0353. The Balaban J connectivity index is 7.00. The summed E-state index contributed by atoms with van der Waals surface area (Å²) in [6.45, 7) is -2.89. The molecule has 0 aliphatic rings. The van der Waals surface area contributed by atoms with Crippen molar-refractivity contribution in [3.63, 3.8) is 0 Å². The van der Waals surface area contributed by atoms with Crippen molar-refractivity contribution in [2.24, 2.45) is 5.41 Å². The summed E-state index contributed by atoms with van der Waals surface area (Å²) >= 11 is 0. The van der Waals surface area contributed by atoms with E-state index < -0.39 is 65.6 Å². The minimum absolute atomic E-state index is 0.0925. The average molecular weight is 671 g/mol. The summed E-state index contributed by atoms with van der Waals surface area (Å²) in [5, 5.41) is 77.3. The van der Waals surface area contributed by atoms with Crippen LogP contribution in [0.25, 0.3) is 0 Å². The van der Waals surface area contributed by atoms with E-state index in [0.29, 0.717) is 68.1 Å². The van der Waals surface area contributed by atoms with Gasteiger partial charge in [0.05, 0.1) is 31.0 Å². The highest BCUT2D eigenvalue weighted by Crippen LogP contribution is 2.50. The molecule has 0 radical (unpaired) electrons. The van der Waals surface area contributed by atoms with Gasteiger partial charge in [-0.2, -0.15) is 0 Å². The fourth-order valence-electron chi connectivity index (χ4n) is 4.69. The van der Waals surface area contributed by atoms with Crippen molar-refractivity contribution in [3.05, 3.63) is 60.9 Å². The Hall–Kier alpha value is -4.80. The van der Waals surface area contributed by atoms with Crippen LogP contribution in [-0.2, 0) is 38.2 Å². The summed E-state index contributed by atoms with van der Waals surface area (Å²) in [6.07, 6.45) is 11.0. The van der Waals surface area contributed by atoms with Gasteiger partial charge in [-0.1, -0.05) is 38.5 Å². The average Bonchev–Trinajstić information content (AvgIpc) is 2.99. The number of unbranched alkanes of at least 4 members (excludes halogenated alkanes) is 7. The van der Waals surface area contributed by atoms with Crippen LogP contribution >= 0.6 is 0 Å². The van der Waals surface area contributed by atoms with E-state index in [-0.39, 0.29) is 19.4 Å². The van der Waals surface area contributed by atoms with Crippen molar-refractivity contribution in [1.29, 1.82) is 0 Å². The molecule has 8 N–H and O–H groups in total. The summed E-state index contributed by atoms with van der Waals surface area (Å²) in [5.74, 6) is -8.88. The lowest BCUT2D eigenvalue weighted by molar-refractivity contribution is -0.182. The van der Waals surface area contributed by atoms with Crippen LogP contribution in [0.15, 0.2) is 60.9 Å². The van der Waals surface area contributed by atoms with Crippen LogP contribution < -0.4 is 0 Å². The molecule has 0 atom stereocenters. The van der Waals surface area contributed by atoms with Gasteiger partial charge in [-0.05, 0) is 37.1 Å². The summed E-state index contributed by atoms with van der Waals surface area (Å²) in [6, 6.07) is 0. The van der Waals surface area contributed by atoms with Gasteiger partial charge in [-0.3, -0.25) is 4.79 Å². The first-order chi connectivity index (χ1) is 22.1. The highest BCUT2D eigenvalue weighted by molar-refractivity contribution is 5.83. The molecule has 0 bridgehead atoms. The predicted octanol–water partition coefficient (Wildman–Crippen LogP) is 2.23. The Morgan fingerprint density at radius 2 is 0.851 bits per heavy atom. The molecule has 0 heterocycles. The number of carbonyl (C=O) groups is 6. The van der Waals surface area contributed by atoms with E-state index in [2.05, 4.69) is 0 Å². The summed E-state index contributed by atoms with van der Waals surface area (Å²) in [7, 11) is 0. The first-order valence-corrected chi connectivity index (χ1v) is 14.5. The largest absolute Gasteiger partial charge is 0.485 e. The van der Waals surface area contributed by atoms with Crippen molar-refractivity contribution in [2.75, 3.05) is 19.8 Å². The second-order valence-corrected chi connectivity index (χ2v) is 10.3. The monoisotopic (exact) mass is 670 g/mol. The van der Waals surface area contributed by atoms with Crippen LogP contribution in [0, 0.1) is 5.41 Å². The molecule has 0 aliphatic carbocycles. The lowest BCUT2D eigenvalue weighted by Crippen LogP contribution is -2.65. The Bertz CT molecular complexity index is 1160. The molecule has 0 fully saturated rings. The number of hydrogen-bond donors (Lipinski definition) is 8. The number of aliphatic hydroxyl groups is 2. The fraction of sp³-hybridized carbons (Fsp3) is 0.484. The van der Waals surface area contributed by atoms with E-state index in [0.717, 1.165) is 37.8 Å². The highest BCUT2D eigenvalue weighted by Gasteiger charge is 2.62. The molecule has 0 aliphatic heterocycles. The summed E-state index contributed by atoms with van der Waals surface area (Å²) < 4.78 is 11.6. The van der Waals surface area contributed by atoms with E-state index in [4.69, 9.17) is 19.7 Å². The van der Waals surface area contributed by atoms with Crippen LogP contribution in [-0.4, -0.2) is 108 Å². The third-order valence-electron chi connectivity index (χ3n) is 7.03. The molecule has 16 heteroatoms. The van der Waals surface area contributed by atoms with Crippen LogP contribution in [0.1, 0.15) is 57.8 Å². The molecule has 0 aromatic carbocycles. The minimum Gasteiger partial charge on any atom is -0.485 e. The molecule has 47 heavy (non-hydrogen) atoms. The molecular weight excluding hydrogens is 628 g/mol. The van der Waals surface area contributed by atoms with Crippen molar-refractivity contribution < 1.29 is 79.1 Å². The number of carboxylic acid groups (broad SMARTS) is 6. The molecule has 0 unspecified atom stereocenters. The number of rotatable bonds is 27. The molecule has 0 aromatic heterocycles. The third kappa shape index (κ3) is 14.9. The van der Waals surface area contributed by atoms with Crippen LogP contribution in [0.2, 0.25) is 0 Å². The zero-order valence-electron chi connectivity index (χ0n) is 25.6. The van der Waals surface area contributed by atoms with Crippen molar-refractivity contribution >= 4 is 35.8 Å². The van der Waals surface area contributed by atoms with E-state index >= 15 is 0 Å². The topological polar surface area (TPSA) is 283 Å². The summed E-state index contributed by atoms with van der Waals surface area (Å²) in [5.41, 5.74) is -7.75. The molecule has 0 aromatic rings. The second kappa shape index (κ2) is 21.9. The minimum atomic E-state index is -2.66. The van der Waals surface area contributed by atoms with Crippen molar-refractivity contribution in [1.82, 2.24) is 0 Å². The fourth-order valence-corrected chi connectivity index (χ4v) is 4.69. The third-order valence-corrected chi connectivity index (χ3v) is 7.03. The Kier molecular flexibility index (Phi) is 19.6. The van der Waals surface area contributed by atoms with Crippen LogP contribution in [0.4, 0.5) is 0 Å². The lowest BCUT2D eigenvalue weighted by Gasteiger charge is -2.53. The van der Waals surface area contributed by atoms with Crippen LogP contribution in [0.3, 0.4) is 0 Å². The highest BCUT2D eigenvalue weighted by atomic mass is 16.5. The maximum Gasteiger partial charge on any atom is 0.331 e. The van der Waals surface area contributed by atoms with E-state index in [1.54, 1.807) is 0 Å². The molecule has 262 valence electrons. The number of aliphatic hydroxyl groups excluding tert-OH is 2. The maximum atomic E-state index is 11.7. The Morgan fingerprint density at radius 3 is 1.21 bits per heavy atom. The Morgan fingerprint density at radius 1 is 0.489 bits per heavy atom. The zero-order valence-corrected chi connectivity index (χ0v) is 25.6. The number of ether oxygens (including phenoxy) is 2. The van der Waals surface area contributed by atoms with Gasteiger partial charge in [-0.15, -0.1) is 0 Å². The van der Waals surface area contributed by atoms with Gasteiger partial charge in [0.2, 0.25) is 0 Å². The summed E-state index contributed by atoms with van der Waals surface area (Å²) in [4.78, 5) is 68.3. The van der Waals surface area contributed by atoms with Gasteiger partial charge in [0.15, 0.2) is 5.60 Å². The number of aliphatic carboxylic acids is 6. The molecule has 0 amide bonds. The van der Waals surface area contributed by atoms with Crippen molar-refractivity contribution in [2.45, 2.75) is 69.0 Å². The first kappa shape index (κ1) is 42.2. The van der Waals surface area contributed by atoms with E-state index in [1.807, 2.05) is 0 Å². The molecule has 0 rings (SSSR count). The van der Waals surface area contributed by atoms with Gasteiger partial charge >= 0.3 is 35.8 Å². The lowest BCUT2D eigenvalue weighted by atomic mass is 9.60. The standard InChI is InChI=1S/C31H42O16/c32-21-29(22-33,31(17-12-26(40)41,18-13-27(42)43)47-20-14-28(44)45)30(15-10-24(36)37,16-11-25(38)39)46-19-8-6-4-2-1-3-5-7-9-23(34)35/h10-18,20,32-33H,1-9,19,21-22H2,(H,34,35)(H,36,37)(H,38,39)(H,40,41)(H,42,43)(H,44,45). The smallest absolute Gasteiger partial charge is 0.331 e. The van der Waals surface area contributed by atoms with Gasteiger partial charge in [-0.25, -0.2) is 24.0 Å². The first-order valence-electron chi connectivity index (χ1n) is 14.5. The van der Waals surface area contributed by atoms with Gasteiger partial charge in [0.25, 0.3) is 0 Å². The maximum absolute atomic E-state index is 11.7.